The van der Waals surface area contributed by atoms with Crippen LogP contribution in [-0.4, -0.2) is 34.9 Å². The summed E-state index contributed by atoms with van der Waals surface area (Å²) < 4.78 is 0. The summed E-state index contributed by atoms with van der Waals surface area (Å²) in [5, 5.41) is 23.4. The Morgan fingerprint density at radius 3 is 0.957 bits per heavy atom. The number of rotatable bonds is 55. The Balaban J connectivity index is 3.51. The number of carbonyl (C=O) groups excluding carboxylic acids is 1. The monoisotopic (exact) mass is 960 g/mol. The first kappa shape index (κ1) is 66.6. The van der Waals surface area contributed by atoms with Crippen LogP contribution < -0.4 is 5.32 Å². The lowest BCUT2D eigenvalue weighted by molar-refractivity contribution is -0.123. The maximum atomic E-state index is 12.5. The summed E-state index contributed by atoms with van der Waals surface area (Å²) in [7, 11) is 0. The molecular weight excluding hydrogens is 843 g/mol. The van der Waals surface area contributed by atoms with Crippen LogP contribution in [0.1, 0.15) is 303 Å². The van der Waals surface area contributed by atoms with Crippen molar-refractivity contribution < 1.29 is 15.0 Å². The van der Waals surface area contributed by atoms with E-state index >= 15 is 0 Å². The Bertz CT molecular complexity index is 1230. The SMILES string of the molecule is CC/C=C\C/C=C\C/C=C\C/C=C\C/C=C\C/C=C\C/C=C\CCCCCCCCCCCC(=O)NC(CO)C(O)CCCCCCCCCCCCCCCCCCCCCCCCCCCC. The van der Waals surface area contributed by atoms with Gasteiger partial charge in [0.05, 0.1) is 18.8 Å². The van der Waals surface area contributed by atoms with Gasteiger partial charge in [-0.05, 0) is 70.6 Å². The number of carbonyl (C=O) groups is 1. The standard InChI is InChI=1S/C65H117NO3/c1-3-5-7-9-11-13-15-17-19-21-23-25-27-29-31-32-33-34-35-37-39-41-43-45-47-49-51-53-55-57-59-61-65(69)66-63(62-67)64(68)60-58-56-54-52-50-48-46-44-42-40-38-36-30-28-26-24-22-20-18-16-14-12-10-8-6-4-2/h5,7,11,13,17,19,23,25,29,31,33-34,37,39,63-64,67-68H,3-4,6,8-10,12,14-16,18,20-22,24,26-28,30,32,35-36,38,40-62H2,1-2H3,(H,66,69)/b7-5-,13-11-,19-17-,25-23-,31-29-,34-33-,39-37-. The van der Waals surface area contributed by atoms with E-state index in [0.717, 1.165) is 70.6 Å². The second-order valence-corrected chi connectivity index (χ2v) is 20.4. The molecule has 2 unspecified atom stereocenters. The Labute approximate surface area is 431 Å². The Kier molecular flexibility index (Phi) is 57.8. The summed E-state index contributed by atoms with van der Waals surface area (Å²) in [5.74, 6) is -0.0375. The van der Waals surface area contributed by atoms with Crippen LogP contribution in [0, 0.1) is 0 Å². The zero-order valence-corrected chi connectivity index (χ0v) is 46.1. The fourth-order valence-electron chi connectivity index (χ4n) is 9.11. The van der Waals surface area contributed by atoms with Crippen molar-refractivity contribution in [1.29, 1.82) is 0 Å². The molecule has 3 N–H and O–H groups in total. The first-order chi connectivity index (χ1) is 34.2. The van der Waals surface area contributed by atoms with Crippen LogP contribution in [0.5, 0.6) is 0 Å². The zero-order chi connectivity index (χ0) is 49.9. The van der Waals surface area contributed by atoms with E-state index in [1.54, 1.807) is 0 Å². The van der Waals surface area contributed by atoms with Crippen LogP contribution in [0.3, 0.4) is 0 Å². The Hall–Kier alpha value is -2.43. The molecule has 0 aliphatic rings. The van der Waals surface area contributed by atoms with Crippen LogP contribution in [0.4, 0.5) is 0 Å². The Morgan fingerprint density at radius 1 is 0.362 bits per heavy atom. The average molecular weight is 961 g/mol. The predicted octanol–water partition coefficient (Wildman–Crippen LogP) is 20.3. The molecule has 69 heavy (non-hydrogen) atoms. The maximum Gasteiger partial charge on any atom is 0.220 e. The number of nitrogens with one attached hydrogen (secondary N) is 1. The van der Waals surface area contributed by atoms with Gasteiger partial charge in [-0.15, -0.1) is 0 Å². The minimum absolute atomic E-state index is 0.0375. The number of hydrogen-bond donors (Lipinski definition) is 3. The fourth-order valence-corrected chi connectivity index (χ4v) is 9.11. The van der Waals surface area contributed by atoms with E-state index in [2.05, 4.69) is 104 Å². The number of allylic oxidation sites excluding steroid dienone is 14. The van der Waals surface area contributed by atoms with E-state index in [-0.39, 0.29) is 12.5 Å². The third kappa shape index (κ3) is 56.4. The molecular formula is C65H117NO3. The van der Waals surface area contributed by atoms with Gasteiger partial charge >= 0.3 is 0 Å². The average Bonchev–Trinajstić information content (AvgIpc) is 3.35. The maximum absolute atomic E-state index is 12.5. The molecule has 4 nitrogen and oxygen atoms in total. The number of amides is 1. The van der Waals surface area contributed by atoms with Crippen LogP contribution in [0.2, 0.25) is 0 Å². The van der Waals surface area contributed by atoms with E-state index in [1.807, 2.05) is 0 Å². The topological polar surface area (TPSA) is 69.6 Å². The van der Waals surface area contributed by atoms with Gasteiger partial charge in [0.15, 0.2) is 0 Å². The molecule has 0 rings (SSSR count). The second kappa shape index (κ2) is 59.9. The molecule has 0 aromatic rings. The third-order valence-corrected chi connectivity index (χ3v) is 13.7. The fraction of sp³-hybridized carbons (Fsp3) is 0.769. The summed E-state index contributed by atoms with van der Waals surface area (Å²) in [5.41, 5.74) is 0. The van der Waals surface area contributed by atoms with Gasteiger partial charge in [-0.25, -0.2) is 0 Å². The van der Waals surface area contributed by atoms with E-state index in [1.165, 1.54) is 205 Å². The van der Waals surface area contributed by atoms with Crippen LogP contribution in [0.15, 0.2) is 85.1 Å². The van der Waals surface area contributed by atoms with Gasteiger partial charge in [0.1, 0.15) is 0 Å². The molecule has 400 valence electrons. The van der Waals surface area contributed by atoms with Crippen LogP contribution >= 0.6 is 0 Å². The molecule has 0 aliphatic heterocycles. The van der Waals surface area contributed by atoms with Crippen molar-refractivity contribution in [3.63, 3.8) is 0 Å². The zero-order valence-electron chi connectivity index (χ0n) is 46.1. The molecule has 0 saturated carbocycles. The molecule has 1 amide bonds. The molecule has 0 aromatic heterocycles. The van der Waals surface area contributed by atoms with Crippen molar-refractivity contribution in [1.82, 2.24) is 5.32 Å². The summed E-state index contributed by atoms with van der Waals surface area (Å²) in [6, 6.07) is -0.547. The molecule has 0 fully saturated rings. The number of aliphatic hydroxyl groups excluding tert-OH is 2. The summed E-state index contributed by atoms with van der Waals surface area (Å²) in [4.78, 5) is 12.5. The predicted molar refractivity (Wildman–Crippen MR) is 308 cm³/mol. The van der Waals surface area contributed by atoms with Crippen molar-refractivity contribution in [2.24, 2.45) is 0 Å². The highest BCUT2D eigenvalue weighted by Crippen LogP contribution is 2.17. The smallest absolute Gasteiger partial charge is 0.220 e. The normalized spacial score (nSPS) is 13.4. The van der Waals surface area contributed by atoms with Crippen LogP contribution in [0.25, 0.3) is 0 Å². The second-order valence-electron chi connectivity index (χ2n) is 20.4. The van der Waals surface area contributed by atoms with Gasteiger partial charge in [0.25, 0.3) is 0 Å². The summed E-state index contributed by atoms with van der Waals surface area (Å²) >= 11 is 0. The van der Waals surface area contributed by atoms with Crippen molar-refractivity contribution in [3.8, 4) is 0 Å². The molecule has 0 saturated heterocycles. The highest BCUT2D eigenvalue weighted by atomic mass is 16.3. The molecule has 0 spiro atoms. The lowest BCUT2D eigenvalue weighted by atomic mass is 10.0. The van der Waals surface area contributed by atoms with E-state index in [0.29, 0.717) is 12.8 Å². The summed E-state index contributed by atoms with van der Waals surface area (Å²) in [6.07, 6.45) is 87.2. The van der Waals surface area contributed by atoms with E-state index in [9.17, 15) is 15.0 Å². The number of aliphatic hydroxyl groups is 2. The van der Waals surface area contributed by atoms with Crippen molar-refractivity contribution in [2.45, 2.75) is 315 Å². The van der Waals surface area contributed by atoms with Crippen molar-refractivity contribution in [3.05, 3.63) is 85.1 Å². The highest BCUT2D eigenvalue weighted by molar-refractivity contribution is 5.76. The van der Waals surface area contributed by atoms with Gasteiger partial charge in [-0.2, -0.15) is 0 Å². The Morgan fingerprint density at radius 2 is 0.638 bits per heavy atom. The third-order valence-electron chi connectivity index (χ3n) is 13.7. The van der Waals surface area contributed by atoms with E-state index < -0.39 is 12.1 Å². The molecule has 0 heterocycles. The number of unbranched alkanes of at least 4 members (excludes halogenated alkanes) is 34. The van der Waals surface area contributed by atoms with Crippen LogP contribution in [-0.2, 0) is 4.79 Å². The van der Waals surface area contributed by atoms with Gasteiger partial charge in [-0.3, -0.25) is 4.79 Å². The van der Waals surface area contributed by atoms with Gasteiger partial charge in [-0.1, -0.05) is 311 Å². The number of hydrogen-bond acceptors (Lipinski definition) is 3. The first-order valence-electron chi connectivity index (χ1n) is 30.3. The lowest BCUT2D eigenvalue weighted by Crippen LogP contribution is -2.45. The molecule has 0 aliphatic carbocycles. The molecule has 4 heteroatoms. The quantitative estimate of drug-likeness (QED) is 0.0420. The lowest BCUT2D eigenvalue weighted by Gasteiger charge is -2.22. The summed E-state index contributed by atoms with van der Waals surface area (Å²) in [6.45, 7) is 4.26. The van der Waals surface area contributed by atoms with Gasteiger partial charge in [0.2, 0.25) is 5.91 Å². The van der Waals surface area contributed by atoms with Gasteiger partial charge < -0.3 is 15.5 Å². The van der Waals surface area contributed by atoms with Crippen molar-refractivity contribution in [2.75, 3.05) is 6.61 Å². The van der Waals surface area contributed by atoms with E-state index in [4.69, 9.17) is 0 Å². The minimum Gasteiger partial charge on any atom is -0.394 e. The first-order valence-corrected chi connectivity index (χ1v) is 30.3. The highest BCUT2D eigenvalue weighted by Gasteiger charge is 2.20. The molecule has 0 bridgehead atoms. The van der Waals surface area contributed by atoms with Crippen molar-refractivity contribution >= 4 is 5.91 Å². The minimum atomic E-state index is -0.669. The van der Waals surface area contributed by atoms with Gasteiger partial charge in [0, 0.05) is 6.42 Å². The molecule has 0 aromatic carbocycles. The largest absolute Gasteiger partial charge is 0.394 e. The molecule has 2 atom stereocenters. The molecule has 0 radical (unpaired) electrons.